The van der Waals surface area contributed by atoms with E-state index in [1.807, 2.05) is 4.57 Å². The molecule has 0 saturated heterocycles. The fourth-order valence-corrected chi connectivity index (χ4v) is 3.79. The SMILES string of the molecule is CCCn1cnc2c1c(=O)n(CCC)c1nc(C3CCCC3)nn21. The molecule has 3 aromatic rings. The van der Waals surface area contributed by atoms with Crippen LogP contribution in [0.2, 0.25) is 0 Å². The lowest BCUT2D eigenvalue weighted by Gasteiger charge is -2.07. The number of hydrogen-bond acceptors (Lipinski definition) is 4. The smallest absolute Gasteiger partial charge is 0.281 e. The monoisotopic (exact) mass is 328 g/mol. The van der Waals surface area contributed by atoms with Gasteiger partial charge in [-0.15, -0.1) is 5.10 Å². The minimum Gasteiger partial charge on any atom is -0.325 e. The molecule has 1 aliphatic rings. The zero-order chi connectivity index (χ0) is 16.7. The van der Waals surface area contributed by atoms with Crippen LogP contribution in [0, 0.1) is 0 Å². The van der Waals surface area contributed by atoms with E-state index in [1.54, 1.807) is 15.4 Å². The third kappa shape index (κ3) is 2.25. The summed E-state index contributed by atoms with van der Waals surface area (Å²) in [5.41, 5.74) is 1.27. The largest absolute Gasteiger partial charge is 0.325 e. The van der Waals surface area contributed by atoms with E-state index in [4.69, 9.17) is 10.1 Å². The van der Waals surface area contributed by atoms with E-state index < -0.39 is 0 Å². The van der Waals surface area contributed by atoms with Gasteiger partial charge in [0.2, 0.25) is 5.78 Å². The van der Waals surface area contributed by atoms with E-state index in [0.717, 1.165) is 38.1 Å². The molecule has 1 aliphatic carbocycles. The highest BCUT2D eigenvalue weighted by molar-refractivity contribution is 5.72. The summed E-state index contributed by atoms with van der Waals surface area (Å²) < 4.78 is 5.49. The van der Waals surface area contributed by atoms with Crippen LogP contribution >= 0.6 is 0 Å². The first-order chi connectivity index (χ1) is 11.7. The maximum Gasteiger partial charge on any atom is 0.281 e. The van der Waals surface area contributed by atoms with E-state index in [1.165, 1.54) is 12.8 Å². The van der Waals surface area contributed by atoms with Gasteiger partial charge >= 0.3 is 0 Å². The lowest BCUT2D eigenvalue weighted by atomic mass is 10.1. The van der Waals surface area contributed by atoms with Crippen LogP contribution < -0.4 is 5.56 Å². The molecule has 0 bridgehead atoms. The van der Waals surface area contributed by atoms with Crippen LogP contribution in [0.4, 0.5) is 0 Å². The molecule has 4 rings (SSSR count). The minimum absolute atomic E-state index is 0.00401. The highest BCUT2D eigenvalue weighted by Gasteiger charge is 2.24. The van der Waals surface area contributed by atoms with Crippen molar-refractivity contribution in [1.82, 2.24) is 28.7 Å². The van der Waals surface area contributed by atoms with Crippen LogP contribution in [-0.4, -0.2) is 28.7 Å². The molecule has 3 aromatic heterocycles. The molecule has 0 spiro atoms. The average molecular weight is 328 g/mol. The first kappa shape index (κ1) is 15.4. The molecule has 0 atom stereocenters. The van der Waals surface area contributed by atoms with Crippen LogP contribution in [0.3, 0.4) is 0 Å². The van der Waals surface area contributed by atoms with Gasteiger partial charge in [-0.05, 0) is 25.7 Å². The second-order valence-corrected chi connectivity index (χ2v) is 6.73. The Bertz CT molecular complexity index is 928. The zero-order valence-electron chi connectivity index (χ0n) is 14.4. The van der Waals surface area contributed by atoms with Crippen LogP contribution in [0.1, 0.15) is 64.1 Å². The van der Waals surface area contributed by atoms with Gasteiger partial charge in [0.05, 0.1) is 6.33 Å². The van der Waals surface area contributed by atoms with Crippen LogP contribution in [0.15, 0.2) is 11.1 Å². The lowest BCUT2D eigenvalue weighted by molar-refractivity contribution is 0.648. The molecular formula is C17H24N6O. The van der Waals surface area contributed by atoms with Crippen LogP contribution in [0.5, 0.6) is 0 Å². The average Bonchev–Trinajstić information content (AvgIpc) is 3.29. The molecule has 0 amide bonds. The van der Waals surface area contributed by atoms with Crippen molar-refractivity contribution in [2.24, 2.45) is 0 Å². The van der Waals surface area contributed by atoms with Gasteiger partial charge < -0.3 is 4.57 Å². The number of aromatic nitrogens is 6. The van der Waals surface area contributed by atoms with Crippen LogP contribution in [-0.2, 0) is 13.1 Å². The van der Waals surface area contributed by atoms with Gasteiger partial charge in [0.15, 0.2) is 17.0 Å². The van der Waals surface area contributed by atoms with Crippen LogP contribution in [0.25, 0.3) is 16.9 Å². The summed E-state index contributed by atoms with van der Waals surface area (Å²) >= 11 is 0. The molecule has 128 valence electrons. The Balaban J connectivity index is 2.00. The Morgan fingerprint density at radius 2 is 1.92 bits per heavy atom. The maximum atomic E-state index is 13.0. The van der Waals surface area contributed by atoms with E-state index in [2.05, 4.69) is 18.8 Å². The second-order valence-electron chi connectivity index (χ2n) is 6.73. The van der Waals surface area contributed by atoms with Gasteiger partial charge in [0.1, 0.15) is 0 Å². The Morgan fingerprint density at radius 1 is 1.17 bits per heavy atom. The van der Waals surface area contributed by atoms with Gasteiger partial charge in [-0.1, -0.05) is 26.7 Å². The number of nitrogens with zero attached hydrogens (tertiary/aromatic N) is 6. The lowest BCUT2D eigenvalue weighted by Crippen LogP contribution is -2.25. The summed E-state index contributed by atoms with van der Waals surface area (Å²) in [5, 5.41) is 4.75. The molecule has 7 heteroatoms. The van der Waals surface area contributed by atoms with Gasteiger partial charge in [0, 0.05) is 19.0 Å². The highest BCUT2D eigenvalue weighted by atomic mass is 16.1. The Morgan fingerprint density at radius 3 is 2.62 bits per heavy atom. The van der Waals surface area contributed by atoms with Crippen molar-refractivity contribution in [1.29, 1.82) is 0 Å². The summed E-state index contributed by atoms with van der Waals surface area (Å²) in [7, 11) is 0. The Kier molecular flexibility index (Phi) is 3.86. The molecule has 0 radical (unpaired) electrons. The summed E-state index contributed by atoms with van der Waals surface area (Å²) in [6, 6.07) is 0. The first-order valence-corrected chi connectivity index (χ1v) is 9.08. The first-order valence-electron chi connectivity index (χ1n) is 9.08. The third-order valence-corrected chi connectivity index (χ3v) is 4.95. The van der Waals surface area contributed by atoms with E-state index in [-0.39, 0.29) is 5.56 Å². The van der Waals surface area contributed by atoms with Gasteiger partial charge in [-0.2, -0.15) is 9.50 Å². The second kappa shape index (κ2) is 6.03. The summed E-state index contributed by atoms with van der Waals surface area (Å²) in [6.07, 6.45) is 8.36. The topological polar surface area (TPSA) is 70.0 Å². The van der Waals surface area contributed by atoms with E-state index in [9.17, 15) is 4.79 Å². The summed E-state index contributed by atoms with van der Waals surface area (Å²) in [5.74, 6) is 1.93. The van der Waals surface area contributed by atoms with Crippen molar-refractivity contribution in [3.63, 3.8) is 0 Å². The molecule has 1 saturated carbocycles. The summed E-state index contributed by atoms with van der Waals surface area (Å²) in [4.78, 5) is 22.3. The molecule has 0 N–H and O–H groups in total. The van der Waals surface area contributed by atoms with Crippen molar-refractivity contribution >= 4 is 16.9 Å². The molecule has 0 aliphatic heterocycles. The molecule has 24 heavy (non-hydrogen) atoms. The zero-order valence-corrected chi connectivity index (χ0v) is 14.4. The van der Waals surface area contributed by atoms with Crippen molar-refractivity contribution in [2.45, 2.75) is 71.4 Å². The Labute approximate surface area is 140 Å². The normalized spacial score (nSPS) is 15.9. The number of fused-ring (bicyclic) bond motifs is 3. The van der Waals surface area contributed by atoms with Crippen molar-refractivity contribution in [2.75, 3.05) is 0 Å². The predicted molar refractivity (Wildman–Crippen MR) is 92.3 cm³/mol. The highest BCUT2D eigenvalue weighted by Crippen LogP contribution is 2.32. The number of hydrogen-bond donors (Lipinski definition) is 0. The molecule has 0 aromatic carbocycles. The standard InChI is InChI=1S/C17H24N6O/c1-3-9-21-11-18-15-13(21)16(24)22(10-4-2)17-19-14(20-23(15)17)12-7-5-6-8-12/h11-12H,3-10H2,1-2H3. The van der Waals surface area contributed by atoms with E-state index in [0.29, 0.717) is 29.4 Å². The van der Waals surface area contributed by atoms with Crippen molar-refractivity contribution in [3.05, 3.63) is 22.5 Å². The number of imidazole rings is 1. The fraction of sp³-hybridized carbons (Fsp3) is 0.647. The predicted octanol–water partition coefficient (Wildman–Crippen LogP) is 2.72. The molecule has 0 unspecified atom stereocenters. The molecular weight excluding hydrogens is 304 g/mol. The number of rotatable bonds is 5. The summed E-state index contributed by atoms with van der Waals surface area (Å²) in [6.45, 7) is 5.61. The number of aryl methyl sites for hydroxylation is 2. The van der Waals surface area contributed by atoms with Gasteiger partial charge in [-0.3, -0.25) is 9.36 Å². The van der Waals surface area contributed by atoms with Gasteiger partial charge in [0.25, 0.3) is 5.56 Å². The molecule has 7 nitrogen and oxygen atoms in total. The third-order valence-electron chi connectivity index (χ3n) is 4.95. The quantitative estimate of drug-likeness (QED) is 0.722. The van der Waals surface area contributed by atoms with E-state index >= 15 is 0 Å². The Hall–Kier alpha value is -2.18. The molecule has 1 fully saturated rings. The minimum atomic E-state index is -0.00401. The molecule has 3 heterocycles. The van der Waals surface area contributed by atoms with Gasteiger partial charge in [-0.25, -0.2) is 4.98 Å². The maximum absolute atomic E-state index is 13.0. The van der Waals surface area contributed by atoms with Crippen molar-refractivity contribution < 1.29 is 0 Å². The fourth-order valence-electron chi connectivity index (χ4n) is 3.79. The van der Waals surface area contributed by atoms with Crippen molar-refractivity contribution in [3.8, 4) is 0 Å².